The predicted octanol–water partition coefficient (Wildman–Crippen LogP) is 5.93. The van der Waals surface area contributed by atoms with Crippen molar-refractivity contribution in [3.63, 3.8) is 0 Å². The number of methoxy groups -OCH3 is 1. The summed E-state index contributed by atoms with van der Waals surface area (Å²) in [5, 5.41) is 4.23. The molecular formula is C31H29N3O2. The Hall–Kier alpha value is -4.38. The fourth-order valence-corrected chi connectivity index (χ4v) is 4.76. The van der Waals surface area contributed by atoms with Crippen LogP contribution in [-0.2, 0) is 17.9 Å². The average Bonchev–Trinajstić information content (AvgIpc) is 3.29. The minimum Gasteiger partial charge on any atom is -0.496 e. The summed E-state index contributed by atoms with van der Waals surface area (Å²) in [5.41, 5.74) is 5.51. The average molecular weight is 476 g/mol. The number of aromatic nitrogens is 2. The van der Waals surface area contributed by atoms with E-state index < -0.39 is 0 Å². The van der Waals surface area contributed by atoms with Crippen molar-refractivity contribution < 1.29 is 9.53 Å². The molecule has 1 amide bonds. The molecule has 0 bridgehead atoms. The lowest BCUT2D eigenvalue weighted by molar-refractivity contribution is -0.121. The van der Waals surface area contributed by atoms with Crippen molar-refractivity contribution in [2.75, 3.05) is 7.11 Å². The van der Waals surface area contributed by atoms with Crippen LogP contribution in [0.5, 0.6) is 5.75 Å². The molecular weight excluding hydrogens is 446 g/mol. The van der Waals surface area contributed by atoms with E-state index in [1.165, 1.54) is 5.56 Å². The maximum absolute atomic E-state index is 13.2. The Morgan fingerprint density at radius 2 is 1.58 bits per heavy atom. The highest BCUT2D eigenvalue weighted by molar-refractivity contribution is 5.87. The second-order valence-electron chi connectivity index (χ2n) is 8.85. The standard InChI is InChI=1S/C31H29N3O2/c1-36-30-14-8-6-12-26(30)27(19-31(35)33-20-23-15-17-32-18-16-23)28-22-34(21-24-9-3-2-4-10-24)29-13-7-5-11-25(28)29/h2-18,22,27H,19-21H2,1H3,(H,33,35)/t27-/m1/s1. The van der Waals surface area contributed by atoms with E-state index in [1.54, 1.807) is 19.5 Å². The van der Waals surface area contributed by atoms with Gasteiger partial charge in [-0.25, -0.2) is 0 Å². The number of pyridine rings is 1. The van der Waals surface area contributed by atoms with Crippen LogP contribution in [0.1, 0.15) is 34.6 Å². The Morgan fingerprint density at radius 1 is 0.861 bits per heavy atom. The number of carbonyl (C=O) groups is 1. The van der Waals surface area contributed by atoms with E-state index in [9.17, 15) is 4.79 Å². The number of ether oxygens (including phenoxy) is 1. The van der Waals surface area contributed by atoms with Crippen LogP contribution < -0.4 is 10.1 Å². The zero-order chi connectivity index (χ0) is 24.7. The van der Waals surface area contributed by atoms with Crippen LogP contribution in [0.2, 0.25) is 0 Å². The molecule has 0 saturated heterocycles. The first-order valence-corrected chi connectivity index (χ1v) is 12.1. The second-order valence-corrected chi connectivity index (χ2v) is 8.85. The van der Waals surface area contributed by atoms with E-state index >= 15 is 0 Å². The number of amides is 1. The van der Waals surface area contributed by atoms with Gasteiger partial charge in [-0.1, -0.05) is 66.7 Å². The van der Waals surface area contributed by atoms with E-state index in [2.05, 4.69) is 75.7 Å². The summed E-state index contributed by atoms with van der Waals surface area (Å²) in [5.74, 6) is 0.604. The van der Waals surface area contributed by atoms with Gasteiger partial charge in [0.25, 0.3) is 0 Å². The van der Waals surface area contributed by atoms with Crippen LogP contribution in [0, 0.1) is 0 Å². The topological polar surface area (TPSA) is 56.1 Å². The SMILES string of the molecule is COc1ccccc1[C@@H](CC(=O)NCc1ccncc1)c1cn(Cc2ccccc2)c2ccccc12. The number of nitrogens with one attached hydrogen (secondary N) is 1. The summed E-state index contributed by atoms with van der Waals surface area (Å²) in [7, 11) is 1.68. The highest BCUT2D eigenvalue weighted by Gasteiger charge is 2.25. The fourth-order valence-electron chi connectivity index (χ4n) is 4.76. The summed E-state index contributed by atoms with van der Waals surface area (Å²) >= 11 is 0. The van der Waals surface area contributed by atoms with Gasteiger partial charge in [0.15, 0.2) is 0 Å². The predicted molar refractivity (Wildman–Crippen MR) is 143 cm³/mol. The van der Waals surface area contributed by atoms with Gasteiger partial charge in [-0.15, -0.1) is 0 Å². The lowest BCUT2D eigenvalue weighted by atomic mass is 9.87. The first kappa shape index (κ1) is 23.4. The smallest absolute Gasteiger partial charge is 0.221 e. The molecule has 0 aliphatic rings. The number of carbonyl (C=O) groups excluding carboxylic acids is 1. The monoisotopic (exact) mass is 475 g/mol. The molecule has 5 nitrogen and oxygen atoms in total. The molecule has 5 heteroatoms. The molecule has 0 aliphatic heterocycles. The lowest BCUT2D eigenvalue weighted by Crippen LogP contribution is -2.25. The van der Waals surface area contributed by atoms with Gasteiger partial charge >= 0.3 is 0 Å². The first-order chi connectivity index (χ1) is 17.7. The summed E-state index contributed by atoms with van der Waals surface area (Å²) < 4.78 is 8.00. The van der Waals surface area contributed by atoms with Crippen molar-refractivity contribution >= 4 is 16.8 Å². The highest BCUT2D eigenvalue weighted by Crippen LogP contribution is 2.38. The van der Waals surface area contributed by atoms with Crippen LogP contribution in [-0.4, -0.2) is 22.6 Å². The van der Waals surface area contributed by atoms with Crippen LogP contribution in [0.25, 0.3) is 10.9 Å². The van der Waals surface area contributed by atoms with Crippen molar-refractivity contribution in [1.82, 2.24) is 14.9 Å². The number of benzene rings is 3. The van der Waals surface area contributed by atoms with Gasteiger partial charge in [0.2, 0.25) is 5.91 Å². The minimum absolute atomic E-state index is 0.0115. The molecule has 5 rings (SSSR count). The van der Waals surface area contributed by atoms with E-state index in [1.807, 2.05) is 36.4 Å². The molecule has 0 saturated carbocycles. The Labute approximate surface area is 211 Å². The summed E-state index contributed by atoms with van der Waals surface area (Å²) in [6, 6.07) is 30.6. The van der Waals surface area contributed by atoms with Crippen LogP contribution in [0.15, 0.2) is 110 Å². The Balaban J connectivity index is 1.52. The molecule has 0 fully saturated rings. The molecule has 0 aliphatic carbocycles. The van der Waals surface area contributed by atoms with Crippen LogP contribution in [0.4, 0.5) is 0 Å². The maximum Gasteiger partial charge on any atom is 0.221 e. The summed E-state index contributed by atoms with van der Waals surface area (Å²) in [4.78, 5) is 17.3. The Kier molecular flexibility index (Phi) is 7.08. The number of rotatable bonds is 9. The number of hydrogen-bond acceptors (Lipinski definition) is 3. The van der Waals surface area contributed by atoms with Crippen LogP contribution in [0.3, 0.4) is 0 Å². The van der Waals surface area contributed by atoms with Gasteiger partial charge < -0.3 is 14.6 Å². The number of nitrogens with zero attached hydrogens (tertiary/aromatic N) is 2. The quantitative estimate of drug-likeness (QED) is 0.287. The summed E-state index contributed by atoms with van der Waals surface area (Å²) in [6.07, 6.45) is 5.98. The fraction of sp³-hybridized carbons (Fsp3) is 0.161. The van der Waals surface area contributed by atoms with Crippen molar-refractivity contribution in [2.45, 2.75) is 25.4 Å². The zero-order valence-electron chi connectivity index (χ0n) is 20.3. The minimum atomic E-state index is -0.166. The third kappa shape index (κ3) is 5.15. The Morgan fingerprint density at radius 3 is 2.39 bits per heavy atom. The van der Waals surface area contributed by atoms with Gasteiger partial charge in [0.1, 0.15) is 5.75 Å². The third-order valence-corrected chi connectivity index (χ3v) is 6.53. The van der Waals surface area contributed by atoms with Gasteiger partial charge in [-0.3, -0.25) is 9.78 Å². The van der Waals surface area contributed by atoms with Crippen molar-refractivity contribution in [1.29, 1.82) is 0 Å². The highest BCUT2D eigenvalue weighted by atomic mass is 16.5. The van der Waals surface area contributed by atoms with Gasteiger partial charge in [0.05, 0.1) is 7.11 Å². The molecule has 2 heterocycles. The second kappa shape index (κ2) is 10.9. The maximum atomic E-state index is 13.2. The van der Waals surface area contributed by atoms with E-state index in [0.29, 0.717) is 13.0 Å². The van der Waals surface area contributed by atoms with Crippen LogP contribution >= 0.6 is 0 Å². The molecule has 0 spiro atoms. The van der Waals surface area contributed by atoms with Gasteiger partial charge in [-0.2, -0.15) is 0 Å². The number of hydrogen-bond donors (Lipinski definition) is 1. The zero-order valence-corrected chi connectivity index (χ0v) is 20.3. The molecule has 180 valence electrons. The molecule has 0 radical (unpaired) electrons. The van der Waals surface area contributed by atoms with E-state index in [-0.39, 0.29) is 11.8 Å². The number of fused-ring (bicyclic) bond motifs is 1. The summed E-state index contributed by atoms with van der Waals surface area (Å²) in [6.45, 7) is 1.23. The first-order valence-electron chi connectivity index (χ1n) is 12.1. The van der Waals surface area contributed by atoms with Gasteiger partial charge in [-0.05, 0) is 41.0 Å². The molecule has 1 atom stereocenters. The molecule has 3 aromatic carbocycles. The van der Waals surface area contributed by atoms with Gasteiger partial charge in [0, 0.05) is 60.5 Å². The molecule has 0 unspecified atom stereocenters. The molecule has 2 aromatic heterocycles. The normalized spacial score (nSPS) is 11.8. The van der Waals surface area contributed by atoms with Crippen molar-refractivity contribution in [3.05, 3.63) is 132 Å². The molecule has 36 heavy (non-hydrogen) atoms. The third-order valence-electron chi connectivity index (χ3n) is 6.53. The molecule has 5 aromatic rings. The lowest BCUT2D eigenvalue weighted by Gasteiger charge is -2.20. The van der Waals surface area contributed by atoms with Crippen molar-refractivity contribution in [2.24, 2.45) is 0 Å². The van der Waals surface area contributed by atoms with Crippen molar-refractivity contribution in [3.8, 4) is 5.75 Å². The van der Waals surface area contributed by atoms with E-state index in [0.717, 1.165) is 39.9 Å². The van der Waals surface area contributed by atoms with E-state index in [4.69, 9.17) is 4.74 Å². The molecule has 1 N–H and O–H groups in total. The number of para-hydroxylation sites is 2. The largest absolute Gasteiger partial charge is 0.496 e. The Bertz CT molecular complexity index is 1440.